The Morgan fingerprint density at radius 3 is 2.96 bits per heavy atom. The molecule has 7 nitrogen and oxygen atoms in total. The van der Waals surface area contributed by atoms with Crippen LogP contribution in [0.1, 0.15) is 18.4 Å². The summed E-state index contributed by atoms with van der Waals surface area (Å²) in [6, 6.07) is 5.62. The number of nitrogens with one attached hydrogen (secondary N) is 1. The molecule has 8 heteroatoms. The van der Waals surface area contributed by atoms with Gasteiger partial charge in [0.1, 0.15) is 16.4 Å². The van der Waals surface area contributed by atoms with Gasteiger partial charge in [-0.05, 0) is 49.4 Å². The number of nitrogens with zero attached hydrogens (tertiary/aromatic N) is 4. The molecular formula is C20H20ClN5O2. The molecule has 0 bridgehead atoms. The highest BCUT2D eigenvalue weighted by Crippen LogP contribution is 2.43. The molecule has 1 saturated carbocycles. The maximum atomic E-state index is 11.8. The van der Waals surface area contributed by atoms with Crippen molar-refractivity contribution in [1.82, 2.24) is 14.5 Å². The normalized spacial score (nSPS) is 16.2. The van der Waals surface area contributed by atoms with E-state index in [-0.39, 0.29) is 12.5 Å². The number of amides is 1. The third kappa shape index (κ3) is 2.86. The van der Waals surface area contributed by atoms with Crippen molar-refractivity contribution in [2.24, 2.45) is 5.92 Å². The minimum atomic E-state index is -0.101. The average Bonchev–Trinajstić information content (AvgIpc) is 3.40. The Morgan fingerprint density at radius 2 is 2.18 bits per heavy atom. The minimum Gasteiger partial charge on any atom is -0.480 e. The zero-order chi connectivity index (χ0) is 19.4. The van der Waals surface area contributed by atoms with Crippen molar-refractivity contribution in [3.63, 3.8) is 0 Å². The largest absolute Gasteiger partial charge is 0.480 e. The molecule has 0 spiro atoms. The number of ether oxygens (including phenoxy) is 1. The van der Waals surface area contributed by atoms with Crippen molar-refractivity contribution < 1.29 is 9.53 Å². The summed E-state index contributed by atoms with van der Waals surface area (Å²) in [5.74, 6) is 1.84. The Hall–Kier alpha value is -2.80. The summed E-state index contributed by atoms with van der Waals surface area (Å²) in [7, 11) is 1.72. The second kappa shape index (κ2) is 6.38. The van der Waals surface area contributed by atoms with E-state index in [0.717, 1.165) is 29.2 Å². The molecule has 0 saturated heterocycles. The van der Waals surface area contributed by atoms with E-state index in [2.05, 4.69) is 14.9 Å². The molecule has 0 radical (unpaired) electrons. The van der Waals surface area contributed by atoms with Gasteiger partial charge < -0.3 is 19.5 Å². The van der Waals surface area contributed by atoms with Gasteiger partial charge in [0.15, 0.2) is 18.0 Å². The van der Waals surface area contributed by atoms with E-state index >= 15 is 0 Å². The SMILES string of the molecule is Cc1cc(Nc2ccc3c(c2Cl)OCC(=O)N3C)nc2c1ncn2CC1CC1. The van der Waals surface area contributed by atoms with Crippen LogP contribution in [0.4, 0.5) is 17.2 Å². The molecule has 3 heterocycles. The van der Waals surface area contributed by atoms with Crippen LogP contribution in [0.25, 0.3) is 11.2 Å². The first-order chi connectivity index (χ1) is 13.5. The van der Waals surface area contributed by atoms with Crippen LogP contribution in [0.5, 0.6) is 5.75 Å². The molecular weight excluding hydrogens is 378 g/mol. The lowest BCUT2D eigenvalue weighted by Gasteiger charge is -2.27. The number of benzene rings is 1. The van der Waals surface area contributed by atoms with Gasteiger partial charge >= 0.3 is 0 Å². The summed E-state index contributed by atoms with van der Waals surface area (Å²) in [4.78, 5) is 22.7. The highest BCUT2D eigenvalue weighted by atomic mass is 35.5. The number of aromatic nitrogens is 3. The Morgan fingerprint density at radius 1 is 1.36 bits per heavy atom. The zero-order valence-electron chi connectivity index (χ0n) is 15.7. The zero-order valence-corrected chi connectivity index (χ0v) is 16.5. The highest BCUT2D eigenvalue weighted by molar-refractivity contribution is 6.35. The van der Waals surface area contributed by atoms with Crippen LogP contribution in [0.3, 0.4) is 0 Å². The molecule has 1 aromatic carbocycles. The minimum absolute atomic E-state index is 0.0175. The van der Waals surface area contributed by atoms with Crippen molar-refractivity contribution in [3.05, 3.63) is 35.1 Å². The van der Waals surface area contributed by atoms with E-state index in [1.807, 2.05) is 31.5 Å². The fourth-order valence-corrected chi connectivity index (χ4v) is 3.78. The van der Waals surface area contributed by atoms with Crippen molar-refractivity contribution in [2.45, 2.75) is 26.3 Å². The predicted octanol–water partition coefficient (Wildman–Crippen LogP) is 3.90. The van der Waals surface area contributed by atoms with Gasteiger partial charge in [0.25, 0.3) is 5.91 Å². The van der Waals surface area contributed by atoms with Crippen LogP contribution < -0.4 is 15.0 Å². The summed E-state index contributed by atoms with van der Waals surface area (Å²) >= 11 is 6.56. The second-order valence-corrected chi connectivity index (χ2v) is 7.86. The lowest BCUT2D eigenvalue weighted by molar-refractivity contribution is -0.120. The maximum absolute atomic E-state index is 11.8. The van der Waals surface area contributed by atoms with E-state index in [0.29, 0.717) is 28.0 Å². The molecule has 2 aromatic heterocycles. The first-order valence-electron chi connectivity index (χ1n) is 9.32. The van der Waals surface area contributed by atoms with Gasteiger partial charge in [-0.15, -0.1) is 0 Å². The number of imidazole rings is 1. The van der Waals surface area contributed by atoms with Crippen LogP contribution in [-0.4, -0.2) is 34.1 Å². The van der Waals surface area contributed by atoms with E-state index in [9.17, 15) is 4.79 Å². The van der Waals surface area contributed by atoms with Crippen LogP contribution >= 0.6 is 11.6 Å². The van der Waals surface area contributed by atoms with E-state index < -0.39 is 0 Å². The molecule has 28 heavy (non-hydrogen) atoms. The average molecular weight is 398 g/mol. The maximum Gasteiger partial charge on any atom is 0.264 e. The molecule has 1 fully saturated rings. The highest BCUT2D eigenvalue weighted by Gasteiger charge is 2.26. The number of likely N-dealkylation sites (N-methyl/N-ethyl adjacent to an activating group) is 1. The number of halogens is 1. The molecule has 3 aromatic rings. The van der Waals surface area contributed by atoms with Crippen molar-refractivity contribution in [2.75, 3.05) is 23.9 Å². The summed E-state index contributed by atoms with van der Waals surface area (Å²) < 4.78 is 7.70. The molecule has 1 amide bonds. The predicted molar refractivity (Wildman–Crippen MR) is 109 cm³/mol. The Labute approximate surface area is 167 Å². The van der Waals surface area contributed by atoms with Gasteiger partial charge in [0, 0.05) is 13.6 Å². The van der Waals surface area contributed by atoms with E-state index in [1.54, 1.807) is 11.9 Å². The van der Waals surface area contributed by atoms with Gasteiger partial charge in [-0.25, -0.2) is 9.97 Å². The number of rotatable bonds is 4. The van der Waals surface area contributed by atoms with Crippen molar-refractivity contribution in [1.29, 1.82) is 0 Å². The van der Waals surface area contributed by atoms with Gasteiger partial charge in [-0.3, -0.25) is 4.79 Å². The monoisotopic (exact) mass is 397 g/mol. The third-order valence-corrected chi connectivity index (χ3v) is 5.70. The Balaban J connectivity index is 1.50. The van der Waals surface area contributed by atoms with Gasteiger partial charge in [0.05, 0.1) is 17.7 Å². The standard InChI is InChI=1S/C20H20ClN5O2/c1-11-7-15(24-20-18(11)22-10-26(20)8-12-3-4-12)23-13-5-6-14-19(17(13)21)28-9-16(27)25(14)2/h5-7,10,12H,3-4,8-9H2,1-2H3,(H,23,24). The molecule has 2 aliphatic rings. The number of aryl methyl sites for hydroxylation is 1. The van der Waals surface area contributed by atoms with Crippen LogP contribution in [0, 0.1) is 12.8 Å². The Bertz CT molecular complexity index is 1110. The van der Waals surface area contributed by atoms with E-state index in [4.69, 9.17) is 21.3 Å². The van der Waals surface area contributed by atoms with Gasteiger partial charge in [-0.2, -0.15) is 0 Å². The molecule has 1 aliphatic heterocycles. The number of hydrogen-bond donors (Lipinski definition) is 1. The lowest BCUT2D eigenvalue weighted by atomic mass is 10.2. The van der Waals surface area contributed by atoms with Crippen LogP contribution in [-0.2, 0) is 11.3 Å². The lowest BCUT2D eigenvalue weighted by Crippen LogP contribution is -2.35. The smallest absolute Gasteiger partial charge is 0.264 e. The Kier molecular flexibility index (Phi) is 3.94. The number of anilines is 3. The fourth-order valence-electron chi connectivity index (χ4n) is 3.51. The molecule has 1 N–H and O–H groups in total. The van der Waals surface area contributed by atoms with Gasteiger partial charge in [-0.1, -0.05) is 11.6 Å². The first kappa shape index (κ1) is 17.3. The quantitative estimate of drug-likeness (QED) is 0.722. The summed E-state index contributed by atoms with van der Waals surface area (Å²) in [6.07, 6.45) is 4.43. The fraction of sp³-hybridized carbons (Fsp3) is 0.350. The number of hydrogen-bond acceptors (Lipinski definition) is 5. The van der Waals surface area contributed by atoms with E-state index in [1.165, 1.54) is 12.8 Å². The van der Waals surface area contributed by atoms with Crippen LogP contribution in [0.15, 0.2) is 24.5 Å². The number of pyridine rings is 1. The molecule has 1 aliphatic carbocycles. The van der Waals surface area contributed by atoms with Gasteiger partial charge in [0.2, 0.25) is 0 Å². The first-order valence-corrected chi connectivity index (χ1v) is 9.70. The topological polar surface area (TPSA) is 72.3 Å². The summed E-state index contributed by atoms with van der Waals surface area (Å²) in [5, 5.41) is 3.73. The number of fused-ring (bicyclic) bond motifs is 2. The van der Waals surface area contributed by atoms with Crippen LogP contribution in [0.2, 0.25) is 5.02 Å². The molecule has 0 unspecified atom stereocenters. The molecule has 5 rings (SSSR count). The molecule has 144 valence electrons. The number of carbonyl (C=O) groups is 1. The summed E-state index contributed by atoms with van der Waals surface area (Å²) in [5.41, 5.74) is 4.20. The summed E-state index contributed by atoms with van der Waals surface area (Å²) in [6.45, 7) is 2.97. The van der Waals surface area contributed by atoms with Crippen molar-refractivity contribution >= 4 is 45.9 Å². The molecule has 0 atom stereocenters. The van der Waals surface area contributed by atoms with Crippen molar-refractivity contribution in [3.8, 4) is 5.75 Å². The third-order valence-electron chi connectivity index (χ3n) is 5.33. The number of carbonyl (C=O) groups excluding carboxylic acids is 1. The second-order valence-electron chi connectivity index (χ2n) is 7.48.